The molecule has 0 radical (unpaired) electrons. The third-order valence-corrected chi connectivity index (χ3v) is 3.83. The van der Waals surface area contributed by atoms with Crippen LogP contribution in [-0.2, 0) is 10.1 Å². The number of aryl methyl sites for hydroxylation is 2. The molecule has 0 atom stereocenters. The Kier molecular flexibility index (Phi) is 8.68. The van der Waals surface area contributed by atoms with Crippen LogP contribution < -0.4 is 0 Å². The second-order valence-corrected chi connectivity index (χ2v) is 6.19. The fourth-order valence-electron chi connectivity index (χ4n) is 1.77. The predicted molar refractivity (Wildman–Crippen MR) is 80.2 cm³/mol. The van der Waals surface area contributed by atoms with Crippen molar-refractivity contribution in [3.05, 3.63) is 29.3 Å². The average Bonchev–Trinajstić information content (AvgIpc) is 2.28. The molecule has 0 aromatic heterocycles. The van der Waals surface area contributed by atoms with E-state index in [1.807, 2.05) is 6.92 Å². The van der Waals surface area contributed by atoms with Crippen LogP contribution in [0.2, 0.25) is 0 Å². The van der Waals surface area contributed by atoms with E-state index in [0.717, 1.165) is 5.56 Å². The van der Waals surface area contributed by atoms with E-state index in [-0.39, 0.29) is 4.90 Å². The lowest BCUT2D eigenvalue weighted by molar-refractivity contribution is 0.482. The van der Waals surface area contributed by atoms with E-state index in [2.05, 4.69) is 13.8 Å². The van der Waals surface area contributed by atoms with Gasteiger partial charge in [0, 0.05) is 0 Å². The minimum absolute atomic E-state index is 0.0203. The highest BCUT2D eigenvalue weighted by Crippen LogP contribution is 2.15. The van der Waals surface area contributed by atoms with Gasteiger partial charge in [-0.25, -0.2) is 0 Å². The molecule has 0 aliphatic heterocycles. The lowest BCUT2D eigenvalue weighted by atomic mass is 10.2. The average molecular weight is 286 g/mol. The van der Waals surface area contributed by atoms with Gasteiger partial charge in [-0.2, -0.15) is 8.42 Å². The Morgan fingerprint density at radius 2 is 1.53 bits per heavy atom. The van der Waals surface area contributed by atoms with Crippen LogP contribution in [-0.4, -0.2) is 13.0 Å². The van der Waals surface area contributed by atoms with Crippen molar-refractivity contribution in [2.24, 2.45) is 0 Å². The zero-order chi connectivity index (χ0) is 14.9. The Balaban J connectivity index is 0.000000399. The second kappa shape index (κ2) is 9.10. The van der Waals surface area contributed by atoms with E-state index in [4.69, 9.17) is 4.55 Å². The van der Waals surface area contributed by atoms with Gasteiger partial charge in [-0.1, -0.05) is 63.6 Å². The van der Waals surface area contributed by atoms with Gasteiger partial charge in [0.15, 0.2) is 0 Å². The maximum absolute atomic E-state index is 10.7. The van der Waals surface area contributed by atoms with Gasteiger partial charge in [0.05, 0.1) is 4.90 Å². The van der Waals surface area contributed by atoms with Gasteiger partial charge in [0.25, 0.3) is 10.1 Å². The number of benzene rings is 1. The molecule has 4 heteroatoms. The fourth-order valence-corrected chi connectivity index (χ4v) is 2.47. The van der Waals surface area contributed by atoms with Crippen molar-refractivity contribution in [2.45, 2.75) is 64.7 Å². The Morgan fingerprint density at radius 3 is 1.89 bits per heavy atom. The Hall–Kier alpha value is -0.870. The molecule has 1 rings (SSSR count). The molecule has 0 saturated heterocycles. The van der Waals surface area contributed by atoms with E-state index < -0.39 is 10.1 Å². The van der Waals surface area contributed by atoms with E-state index in [9.17, 15) is 8.42 Å². The van der Waals surface area contributed by atoms with Crippen molar-refractivity contribution in [3.63, 3.8) is 0 Å². The molecule has 0 aliphatic rings. The molecule has 0 spiro atoms. The Bertz CT molecular complexity index is 460. The summed E-state index contributed by atoms with van der Waals surface area (Å²) in [6.45, 7) is 8.00. The number of rotatable bonds is 5. The van der Waals surface area contributed by atoms with Crippen LogP contribution in [0.1, 0.15) is 57.1 Å². The summed E-state index contributed by atoms with van der Waals surface area (Å²) in [6, 6.07) is 4.76. The van der Waals surface area contributed by atoms with Crippen LogP contribution in [0.15, 0.2) is 23.1 Å². The number of unbranched alkanes of at least 4 members (excludes halogenated alkanes) is 4. The molecule has 0 fully saturated rings. The van der Waals surface area contributed by atoms with Crippen LogP contribution in [0.5, 0.6) is 0 Å². The van der Waals surface area contributed by atoms with Crippen LogP contribution >= 0.6 is 0 Å². The molecule has 0 bridgehead atoms. The van der Waals surface area contributed by atoms with Crippen molar-refractivity contribution in [1.82, 2.24) is 0 Å². The molecule has 1 N–H and O–H groups in total. The highest BCUT2D eigenvalue weighted by Gasteiger charge is 2.11. The third-order valence-electron chi connectivity index (χ3n) is 2.82. The zero-order valence-electron chi connectivity index (χ0n) is 12.4. The van der Waals surface area contributed by atoms with Gasteiger partial charge < -0.3 is 0 Å². The maximum atomic E-state index is 10.7. The van der Waals surface area contributed by atoms with Gasteiger partial charge in [-0.15, -0.1) is 0 Å². The topological polar surface area (TPSA) is 54.4 Å². The standard InChI is InChI=1S/C8H10O3S.C7H16/c1-6-3-4-8(7(2)5-6)12(9,10)11;1-3-5-7-6-4-2/h3-5H,1-2H3,(H,9,10,11);3-7H2,1-2H3. The molecule has 0 unspecified atom stereocenters. The number of hydrogen-bond acceptors (Lipinski definition) is 2. The highest BCUT2D eigenvalue weighted by atomic mass is 32.2. The summed E-state index contributed by atoms with van der Waals surface area (Å²) in [7, 11) is -4.05. The smallest absolute Gasteiger partial charge is 0.282 e. The molecule has 0 aliphatic carbocycles. The quantitative estimate of drug-likeness (QED) is 0.639. The van der Waals surface area contributed by atoms with Crippen molar-refractivity contribution >= 4 is 10.1 Å². The third kappa shape index (κ3) is 8.01. The molecular weight excluding hydrogens is 260 g/mol. The van der Waals surface area contributed by atoms with Crippen molar-refractivity contribution in [1.29, 1.82) is 0 Å². The molecule has 1 aromatic rings. The normalized spacial score (nSPS) is 10.8. The summed E-state index contributed by atoms with van der Waals surface area (Å²) in [4.78, 5) is -0.0203. The molecule has 19 heavy (non-hydrogen) atoms. The number of hydrogen-bond donors (Lipinski definition) is 1. The summed E-state index contributed by atoms with van der Waals surface area (Å²) in [5, 5.41) is 0. The first-order valence-corrected chi connectivity index (χ1v) is 8.31. The van der Waals surface area contributed by atoms with Crippen molar-refractivity contribution < 1.29 is 13.0 Å². The molecular formula is C15H26O3S. The van der Waals surface area contributed by atoms with Gasteiger partial charge in [-0.05, 0) is 25.5 Å². The molecule has 0 heterocycles. The van der Waals surface area contributed by atoms with E-state index in [1.54, 1.807) is 19.1 Å². The SMILES string of the molecule is CCCCCCC.Cc1ccc(S(=O)(=O)O)c(C)c1. The summed E-state index contributed by atoms with van der Waals surface area (Å²) < 4.78 is 30.2. The first kappa shape index (κ1) is 18.1. The second-order valence-electron chi connectivity index (χ2n) is 4.80. The lowest BCUT2D eigenvalue weighted by Gasteiger charge is -2.02. The first-order valence-electron chi connectivity index (χ1n) is 6.87. The lowest BCUT2D eigenvalue weighted by Crippen LogP contribution is -2.00. The van der Waals surface area contributed by atoms with Crippen LogP contribution in [0, 0.1) is 13.8 Å². The van der Waals surface area contributed by atoms with Crippen LogP contribution in [0.25, 0.3) is 0 Å². The monoisotopic (exact) mass is 286 g/mol. The largest absolute Gasteiger partial charge is 0.294 e. The summed E-state index contributed by atoms with van der Waals surface area (Å²) in [6.07, 6.45) is 7.01. The Morgan fingerprint density at radius 1 is 1.00 bits per heavy atom. The van der Waals surface area contributed by atoms with Crippen LogP contribution in [0.4, 0.5) is 0 Å². The van der Waals surface area contributed by atoms with Crippen molar-refractivity contribution in [3.8, 4) is 0 Å². The predicted octanol–water partition coefficient (Wildman–Crippen LogP) is 4.53. The highest BCUT2D eigenvalue weighted by molar-refractivity contribution is 7.85. The molecule has 3 nitrogen and oxygen atoms in total. The molecule has 110 valence electrons. The van der Waals surface area contributed by atoms with Crippen LogP contribution in [0.3, 0.4) is 0 Å². The molecule has 0 saturated carbocycles. The van der Waals surface area contributed by atoms with E-state index in [0.29, 0.717) is 5.56 Å². The Labute approximate surface area is 117 Å². The van der Waals surface area contributed by atoms with Gasteiger partial charge in [0.2, 0.25) is 0 Å². The maximum Gasteiger partial charge on any atom is 0.294 e. The van der Waals surface area contributed by atoms with E-state index in [1.165, 1.54) is 38.2 Å². The van der Waals surface area contributed by atoms with Gasteiger partial charge >= 0.3 is 0 Å². The summed E-state index contributed by atoms with van der Waals surface area (Å²) >= 11 is 0. The minimum Gasteiger partial charge on any atom is -0.282 e. The molecule has 0 amide bonds. The van der Waals surface area contributed by atoms with Crippen molar-refractivity contribution in [2.75, 3.05) is 0 Å². The first-order chi connectivity index (χ1) is 8.82. The minimum atomic E-state index is -4.05. The van der Waals surface area contributed by atoms with E-state index >= 15 is 0 Å². The zero-order valence-corrected chi connectivity index (χ0v) is 13.3. The van der Waals surface area contributed by atoms with Gasteiger partial charge in [0.1, 0.15) is 0 Å². The molecule has 1 aromatic carbocycles. The van der Waals surface area contributed by atoms with Gasteiger partial charge in [-0.3, -0.25) is 4.55 Å². The summed E-state index contributed by atoms with van der Waals surface area (Å²) in [5.74, 6) is 0. The summed E-state index contributed by atoms with van der Waals surface area (Å²) in [5.41, 5.74) is 1.54. The fraction of sp³-hybridized carbons (Fsp3) is 0.600.